The van der Waals surface area contributed by atoms with Gasteiger partial charge in [-0.05, 0) is 40.3 Å². The van der Waals surface area contributed by atoms with Crippen molar-refractivity contribution in [2.24, 2.45) is 7.05 Å². The van der Waals surface area contributed by atoms with Crippen LogP contribution < -0.4 is 10.1 Å². The normalized spacial score (nSPS) is 10.4. The van der Waals surface area contributed by atoms with Crippen molar-refractivity contribution in [2.45, 2.75) is 13.0 Å². The number of benzene rings is 2. The van der Waals surface area contributed by atoms with Crippen molar-refractivity contribution in [3.63, 3.8) is 0 Å². The van der Waals surface area contributed by atoms with E-state index in [9.17, 15) is 4.79 Å². The Labute approximate surface area is 139 Å². The molecule has 0 unspecified atom stereocenters. The summed E-state index contributed by atoms with van der Waals surface area (Å²) in [5.41, 5.74) is 1.80. The number of carbonyl (C=O) groups excluding carboxylic acids is 1. The Hall–Kier alpha value is -3.22. The van der Waals surface area contributed by atoms with Crippen LogP contribution in [0.25, 0.3) is 0 Å². The number of carbonyl (C=O) groups is 1. The van der Waals surface area contributed by atoms with E-state index in [1.54, 1.807) is 19.2 Å². The summed E-state index contributed by atoms with van der Waals surface area (Å²) in [6, 6.07) is 17.2. The van der Waals surface area contributed by atoms with Crippen LogP contribution in [0.2, 0.25) is 0 Å². The lowest BCUT2D eigenvalue weighted by atomic mass is 10.2. The van der Waals surface area contributed by atoms with E-state index in [4.69, 9.17) is 4.74 Å². The van der Waals surface area contributed by atoms with Crippen molar-refractivity contribution in [1.29, 1.82) is 0 Å². The third kappa shape index (κ3) is 4.16. The maximum Gasteiger partial charge on any atom is 0.232 e. The number of aryl methyl sites for hydroxylation is 1. The second-order valence-electron chi connectivity index (χ2n) is 5.24. The first-order valence-electron chi connectivity index (χ1n) is 7.48. The Morgan fingerprint density at radius 1 is 1.12 bits per heavy atom. The molecular weight excluding hydrogens is 306 g/mol. The highest BCUT2D eigenvalue weighted by molar-refractivity contribution is 5.91. The van der Waals surface area contributed by atoms with E-state index in [0.717, 1.165) is 11.3 Å². The molecule has 0 aliphatic heterocycles. The van der Waals surface area contributed by atoms with Gasteiger partial charge in [0.25, 0.3) is 0 Å². The first kappa shape index (κ1) is 15.7. The molecule has 3 rings (SSSR count). The number of nitrogens with one attached hydrogen (secondary N) is 1. The van der Waals surface area contributed by atoms with Crippen LogP contribution in [-0.2, 0) is 24.9 Å². The predicted octanol–water partition coefficient (Wildman–Crippen LogP) is 1.97. The molecule has 0 aliphatic carbocycles. The zero-order valence-corrected chi connectivity index (χ0v) is 13.2. The van der Waals surface area contributed by atoms with Crippen LogP contribution in [0.1, 0.15) is 11.4 Å². The average Bonchev–Trinajstić information content (AvgIpc) is 3.00. The molecule has 2 aromatic carbocycles. The summed E-state index contributed by atoms with van der Waals surface area (Å²) < 4.78 is 7.18. The molecule has 7 heteroatoms. The maximum atomic E-state index is 12.0. The zero-order valence-electron chi connectivity index (χ0n) is 13.2. The van der Waals surface area contributed by atoms with Gasteiger partial charge in [0.15, 0.2) is 5.82 Å². The summed E-state index contributed by atoms with van der Waals surface area (Å²) in [5, 5.41) is 13.8. The van der Waals surface area contributed by atoms with Crippen molar-refractivity contribution in [3.8, 4) is 5.75 Å². The second-order valence-corrected chi connectivity index (χ2v) is 5.24. The number of nitrogens with zero attached hydrogens (tertiary/aromatic N) is 4. The van der Waals surface area contributed by atoms with Gasteiger partial charge in [0.1, 0.15) is 12.4 Å². The summed E-state index contributed by atoms with van der Waals surface area (Å²) >= 11 is 0. The largest absolute Gasteiger partial charge is 0.489 e. The molecule has 7 nitrogen and oxygen atoms in total. The third-order valence-corrected chi connectivity index (χ3v) is 3.41. The smallest absolute Gasteiger partial charge is 0.232 e. The number of aromatic nitrogens is 4. The minimum atomic E-state index is -0.175. The van der Waals surface area contributed by atoms with E-state index in [-0.39, 0.29) is 12.3 Å². The van der Waals surface area contributed by atoms with Crippen molar-refractivity contribution >= 4 is 11.6 Å². The molecule has 0 saturated carbocycles. The van der Waals surface area contributed by atoms with E-state index in [2.05, 4.69) is 20.8 Å². The molecule has 0 radical (unpaired) electrons. The fraction of sp³-hybridized carbons (Fsp3) is 0.176. The lowest BCUT2D eigenvalue weighted by Crippen LogP contribution is -2.17. The topological polar surface area (TPSA) is 81.9 Å². The average molecular weight is 323 g/mol. The van der Waals surface area contributed by atoms with Crippen LogP contribution in [0.15, 0.2) is 54.6 Å². The van der Waals surface area contributed by atoms with E-state index < -0.39 is 0 Å². The van der Waals surface area contributed by atoms with Crippen LogP contribution >= 0.6 is 0 Å². The number of hydrogen-bond donors (Lipinski definition) is 1. The summed E-state index contributed by atoms with van der Waals surface area (Å²) in [7, 11) is 1.70. The minimum absolute atomic E-state index is 0.121. The Bertz CT molecular complexity index is 799. The number of ether oxygens (including phenoxy) is 1. The third-order valence-electron chi connectivity index (χ3n) is 3.41. The summed E-state index contributed by atoms with van der Waals surface area (Å²) in [6.07, 6.45) is 0.121. The summed E-state index contributed by atoms with van der Waals surface area (Å²) in [6.45, 7) is 0.506. The van der Waals surface area contributed by atoms with Gasteiger partial charge in [0.2, 0.25) is 5.91 Å². The van der Waals surface area contributed by atoms with Gasteiger partial charge < -0.3 is 10.1 Å². The highest BCUT2D eigenvalue weighted by Crippen LogP contribution is 2.17. The van der Waals surface area contributed by atoms with Gasteiger partial charge in [-0.2, -0.15) is 0 Å². The van der Waals surface area contributed by atoms with Gasteiger partial charge in [-0.15, -0.1) is 5.10 Å². The van der Waals surface area contributed by atoms with Gasteiger partial charge in [0, 0.05) is 12.7 Å². The minimum Gasteiger partial charge on any atom is -0.489 e. The van der Waals surface area contributed by atoms with Gasteiger partial charge in [-0.25, -0.2) is 4.68 Å². The van der Waals surface area contributed by atoms with Crippen molar-refractivity contribution in [3.05, 3.63) is 66.0 Å². The molecule has 3 aromatic rings. The highest BCUT2D eigenvalue weighted by atomic mass is 16.5. The standard InChI is InChI=1S/C17H17N5O2/c1-22-16(19-20-21-22)11-17(23)18-14-7-9-15(10-8-14)24-12-13-5-3-2-4-6-13/h2-10H,11-12H2,1H3,(H,18,23). The molecular formula is C17H17N5O2. The molecule has 1 heterocycles. The fourth-order valence-electron chi connectivity index (χ4n) is 2.12. The van der Waals surface area contributed by atoms with Gasteiger partial charge in [-0.3, -0.25) is 4.79 Å². The summed E-state index contributed by atoms with van der Waals surface area (Å²) in [5.74, 6) is 1.08. The predicted molar refractivity (Wildman–Crippen MR) is 88.3 cm³/mol. The molecule has 1 N–H and O–H groups in total. The second kappa shape index (κ2) is 7.36. The molecule has 0 fully saturated rings. The lowest BCUT2D eigenvalue weighted by molar-refractivity contribution is -0.115. The number of anilines is 1. The highest BCUT2D eigenvalue weighted by Gasteiger charge is 2.09. The van der Waals surface area contributed by atoms with E-state index in [1.165, 1.54) is 4.68 Å². The van der Waals surface area contributed by atoms with Crippen LogP contribution in [-0.4, -0.2) is 26.1 Å². The summed E-state index contributed by atoms with van der Waals surface area (Å²) in [4.78, 5) is 12.0. The van der Waals surface area contributed by atoms with Gasteiger partial charge in [0.05, 0.1) is 6.42 Å². The zero-order chi connectivity index (χ0) is 16.8. The number of amides is 1. The van der Waals surface area contributed by atoms with Crippen molar-refractivity contribution < 1.29 is 9.53 Å². The quantitative estimate of drug-likeness (QED) is 0.750. The Morgan fingerprint density at radius 2 is 1.88 bits per heavy atom. The van der Waals surface area contributed by atoms with Crippen LogP contribution in [0.3, 0.4) is 0 Å². The molecule has 1 aromatic heterocycles. The molecule has 0 atom stereocenters. The SMILES string of the molecule is Cn1nnnc1CC(=O)Nc1ccc(OCc2ccccc2)cc1. The van der Waals surface area contributed by atoms with Crippen LogP contribution in [0.5, 0.6) is 5.75 Å². The molecule has 0 spiro atoms. The molecule has 0 aliphatic rings. The first-order chi connectivity index (χ1) is 11.7. The molecule has 0 bridgehead atoms. The van der Waals surface area contributed by atoms with E-state index >= 15 is 0 Å². The Morgan fingerprint density at radius 3 is 2.54 bits per heavy atom. The van der Waals surface area contributed by atoms with E-state index in [1.807, 2.05) is 42.5 Å². The monoisotopic (exact) mass is 323 g/mol. The lowest BCUT2D eigenvalue weighted by Gasteiger charge is -2.08. The first-order valence-corrected chi connectivity index (χ1v) is 7.48. The van der Waals surface area contributed by atoms with Crippen molar-refractivity contribution in [1.82, 2.24) is 20.2 Å². The van der Waals surface area contributed by atoms with Crippen molar-refractivity contribution in [2.75, 3.05) is 5.32 Å². The molecule has 24 heavy (non-hydrogen) atoms. The van der Waals surface area contributed by atoms with Crippen LogP contribution in [0.4, 0.5) is 5.69 Å². The Balaban J connectivity index is 1.52. The molecule has 1 amide bonds. The fourth-order valence-corrected chi connectivity index (χ4v) is 2.12. The number of rotatable bonds is 6. The Kier molecular flexibility index (Phi) is 4.81. The molecule has 122 valence electrons. The number of tetrazole rings is 1. The van der Waals surface area contributed by atoms with E-state index in [0.29, 0.717) is 18.1 Å². The number of hydrogen-bond acceptors (Lipinski definition) is 5. The molecule has 0 saturated heterocycles. The maximum absolute atomic E-state index is 12.0. The van der Waals surface area contributed by atoms with Gasteiger partial charge >= 0.3 is 0 Å². The van der Waals surface area contributed by atoms with Crippen LogP contribution in [0, 0.1) is 0 Å². The van der Waals surface area contributed by atoms with Gasteiger partial charge in [-0.1, -0.05) is 30.3 Å².